The van der Waals surface area contributed by atoms with E-state index in [2.05, 4.69) is 95.9 Å². The number of rotatable bonds is 6. The molecular weight excluding hydrogens is 649 g/mol. The summed E-state index contributed by atoms with van der Waals surface area (Å²) in [6.45, 7) is -1.36. The summed E-state index contributed by atoms with van der Waals surface area (Å²) in [6.07, 6.45) is 0. The Morgan fingerprint density at radius 3 is 1.65 bits per heavy atom. The van der Waals surface area contributed by atoms with E-state index in [1.54, 1.807) is 0 Å². The number of nitrogens with zero attached hydrogens (tertiary/aromatic N) is 1. The lowest BCUT2D eigenvalue weighted by Gasteiger charge is -2.30. The maximum Gasteiger partial charge on any atom is 0.241 e. The molecule has 11 aromatic carbocycles. The maximum atomic E-state index is 9.19. The van der Waals surface area contributed by atoms with Crippen LogP contribution >= 0.6 is 0 Å². The summed E-state index contributed by atoms with van der Waals surface area (Å²) in [6, 6.07) is 44.1. The molecule has 250 valence electrons. The Hall–Kier alpha value is -6.90. The highest BCUT2D eigenvalue weighted by Gasteiger charge is 2.27. The summed E-state index contributed by atoms with van der Waals surface area (Å²) in [5.74, 6) is 0. The summed E-state index contributed by atoms with van der Waals surface area (Å²) >= 11 is 0. The number of hydrogen-bond donors (Lipinski definition) is 0. The van der Waals surface area contributed by atoms with E-state index in [-0.39, 0.29) is 10.9 Å². The molecule has 0 heterocycles. The van der Waals surface area contributed by atoms with Gasteiger partial charge in [-0.2, -0.15) is 0 Å². The maximum absolute atomic E-state index is 9.19. The predicted molar refractivity (Wildman–Crippen MR) is 235 cm³/mol. The van der Waals surface area contributed by atoms with Crippen LogP contribution in [0.25, 0.3) is 64.6 Å². The Labute approximate surface area is 328 Å². The van der Waals surface area contributed by atoms with Crippen LogP contribution in [0, 0.1) is 0 Å². The first-order valence-electron chi connectivity index (χ1n) is 23.0. The van der Waals surface area contributed by atoms with Crippen molar-refractivity contribution >= 4 is 105 Å². The Balaban J connectivity index is 1.31. The van der Waals surface area contributed by atoms with E-state index in [0.717, 1.165) is 76.3 Å². The Morgan fingerprint density at radius 2 is 0.926 bits per heavy atom. The van der Waals surface area contributed by atoms with Crippen molar-refractivity contribution in [3.8, 4) is 0 Å². The smallest absolute Gasteiger partial charge is 0.241 e. The van der Waals surface area contributed by atoms with E-state index >= 15 is 0 Å². The number of para-hydroxylation sites is 1. The number of hydrogen-bond acceptors (Lipinski definition) is 1. The largest absolute Gasteiger partial charge is 0.309 e. The zero-order valence-electron chi connectivity index (χ0n) is 38.9. The summed E-state index contributed by atoms with van der Waals surface area (Å²) in [7, 11) is 0. The predicted octanol–water partition coefficient (Wildman–Crippen LogP) is 12.0. The van der Waals surface area contributed by atoms with Crippen LogP contribution in [0.1, 0.15) is 13.7 Å². The first kappa shape index (κ1) is 22.2. The van der Waals surface area contributed by atoms with Gasteiger partial charge in [-0.25, -0.2) is 0 Å². The molecule has 54 heavy (non-hydrogen) atoms. The normalized spacial score (nSPS) is 14.3. The highest BCUT2D eigenvalue weighted by atomic mass is 15.1. The van der Waals surface area contributed by atoms with Crippen LogP contribution in [0.2, 0.25) is 0 Å². The van der Waals surface area contributed by atoms with Gasteiger partial charge < -0.3 is 4.90 Å². The molecule has 2 heteroatoms. The average Bonchev–Trinajstić information content (AvgIpc) is 3.33. The number of benzene rings is 11. The van der Waals surface area contributed by atoms with Crippen LogP contribution in [-0.2, 0) is 0 Å². The molecule has 11 rings (SSSR count). The Kier molecular flexibility index (Phi) is 5.09. The van der Waals surface area contributed by atoms with Gasteiger partial charge in [-0.15, -0.1) is 0 Å². The highest BCUT2D eigenvalue weighted by molar-refractivity contribution is 6.97. The molecule has 0 saturated heterocycles. The van der Waals surface area contributed by atoms with Crippen molar-refractivity contribution < 1.29 is 13.7 Å². The van der Waals surface area contributed by atoms with Crippen molar-refractivity contribution in [3.63, 3.8) is 0 Å². The average molecular weight is 694 g/mol. The molecule has 0 aromatic heterocycles. The Morgan fingerprint density at radius 1 is 0.370 bits per heavy atom. The van der Waals surface area contributed by atoms with Crippen molar-refractivity contribution in [3.05, 3.63) is 206 Å². The van der Waals surface area contributed by atoms with Crippen molar-refractivity contribution in [1.82, 2.24) is 0 Å². The third-order valence-corrected chi connectivity index (χ3v) is 10.8. The number of anilines is 3. The van der Waals surface area contributed by atoms with Crippen LogP contribution in [0.4, 0.5) is 17.1 Å². The third kappa shape index (κ3) is 4.67. The first-order chi connectivity index (χ1) is 31.0. The minimum absolute atomic E-state index is 0.177. The van der Waals surface area contributed by atoms with Crippen molar-refractivity contribution in [1.29, 1.82) is 0 Å². The molecule has 0 saturated carbocycles. The lowest BCUT2D eigenvalue weighted by molar-refractivity contribution is 1.32. The second kappa shape index (κ2) is 12.4. The molecule has 0 aliphatic heterocycles. The SMILES string of the molecule is [2H]c1c([2H])c([2H])c(B(c2c([2H])c([2H])c([2H])c([2H])c2[2H])c2ccc3c4ccccc4c4c(N(c5ccccc5)c5cc6ccccc6c6ccccc56)ccc5ccc2c3c54)c([2H])c1[2H]. The monoisotopic (exact) mass is 693 g/mol. The third-order valence-electron chi connectivity index (χ3n) is 10.8. The van der Waals surface area contributed by atoms with Crippen LogP contribution in [0.5, 0.6) is 0 Å². The standard InChI is InChI=1S/C52H34BN/c1-4-17-37(18-5-1)53(38-19-6-2-7-20-38)47-32-31-45-42-25-13-15-27-44(42)52-48(33-29-35-28-30-46(47)51(45)50(35)52)54(39-21-8-3-9-22-39)49-34-36-16-10-11-23-40(36)41-24-12-14-26-43(41)49/h1-34H/i1D,2D,4D,5D,6D,7D,17D,18D,19D,20D. The van der Waals surface area contributed by atoms with Gasteiger partial charge in [-0.3, -0.25) is 0 Å². The van der Waals surface area contributed by atoms with Gasteiger partial charge in [0.25, 0.3) is 0 Å². The molecule has 1 nitrogen and oxygen atoms in total. The molecule has 0 bridgehead atoms. The lowest BCUT2D eigenvalue weighted by atomic mass is 9.36. The van der Waals surface area contributed by atoms with Gasteiger partial charge in [0.1, 0.15) is 0 Å². The summed E-state index contributed by atoms with van der Waals surface area (Å²) in [5.41, 5.74) is 2.94. The van der Waals surface area contributed by atoms with Crippen molar-refractivity contribution in [2.24, 2.45) is 0 Å². The van der Waals surface area contributed by atoms with E-state index < -0.39 is 67.1 Å². The second-order valence-electron chi connectivity index (χ2n) is 13.6. The first-order valence-corrected chi connectivity index (χ1v) is 18.0. The molecule has 0 amide bonds. The summed E-state index contributed by atoms with van der Waals surface area (Å²) in [5, 5.41) is 11.6. The van der Waals surface area contributed by atoms with E-state index in [1.807, 2.05) is 54.6 Å². The molecule has 0 fully saturated rings. The van der Waals surface area contributed by atoms with Crippen LogP contribution in [0.3, 0.4) is 0 Å². The summed E-state index contributed by atoms with van der Waals surface area (Å²) < 4.78 is 88.4. The van der Waals surface area contributed by atoms with Gasteiger partial charge in [0, 0.05) is 21.8 Å². The minimum Gasteiger partial charge on any atom is -0.309 e. The fourth-order valence-corrected chi connectivity index (χ4v) is 8.61. The molecule has 0 N–H and O–H groups in total. The molecule has 0 spiro atoms. The van der Waals surface area contributed by atoms with Gasteiger partial charge in [0.05, 0.1) is 25.1 Å². The van der Waals surface area contributed by atoms with Gasteiger partial charge in [0.15, 0.2) is 0 Å². The highest BCUT2D eigenvalue weighted by Crippen LogP contribution is 2.49. The van der Waals surface area contributed by atoms with Gasteiger partial charge >= 0.3 is 0 Å². The molecule has 0 aliphatic rings. The van der Waals surface area contributed by atoms with E-state index in [4.69, 9.17) is 8.22 Å². The van der Waals surface area contributed by atoms with Crippen LogP contribution in [-0.4, -0.2) is 6.71 Å². The van der Waals surface area contributed by atoms with Gasteiger partial charge in [-0.05, 0) is 72.7 Å². The molecule has 0 unspecified atom stereocenters. The van der Waals surface area contributed by atoms with Crippen molar-refractivity contribution in [2.45, 2.75) is 0 Å². The second-order valence-corrected chi connectivity index (χ2v) is 13.6. The zero-order valence-corrected chi connectivity index (χ0v) is 28.9. The molecule has 11 aromatic rings. The molecule has 0 aliphatic carbocycles. The van der Waals surface area contributed by atoms with E-state index in [1.165, 1.54) is 0 Å². The fourth-order valence-electron chi connectivity index (χ4n) is 8.61. The number of fused-ring (bicyclic) bond motifs is 6. The fraction of sp³-hybridized carbons (Fsp3) is 0. The Bertz CT molecular complexity index is 3640. The molecule has 0 radical (unpaired) electrons. The van der Waals surface area contributed by atoms with Gasteiger partial charge in [-0.1, -0.05) is 198 Å². The van der Waals surface area contributed by atoms with Crippen LogP contribution in [0.15, 0.2) is 206 Å². The molecular formula is C52H34BN. The van der Waals surface area contributed by atoms with E-state index in [0.29, 0.717) is 10.8 Å². The van der Waals surface area contributed by atoms with Crippen LogP contribution < -0.4 is 21.3 Å². The lowest BCUT2D eigenvalue weighted by Crippen LogP contribution is -2.52. The van der Waals surface area contributed by atoms with E-state index in [9.17, 15) is 5.48 Å². The zero-order chi connectivity index (χ0) is 44.3. The summed E-state index contributed by atoms with van der Waals surface area (Å²) in [4.78, 5) is 2.32. The topological polar surface area (TPSA) is 3.24 Å². The molecule has 0 atom stereocenters. The minimum atomic E-state index is -1.36. The van der Waals surface area contributed by atoms with Gasteiger partial charge in [0.2, 0.25) is 6.71 Å². The quantitative estimate of drug-likeness (QED) is 0.0952. The van der Waals surface area contributed by atoms with Crippen molar-refractivity contribution in [2.75, 3.05) is 4.90 Å².